The van der Waals surface area contributed by atoms with Crippen molar-refractivity contribution in [1.82, 2.24) is 0 Å². The maximum Gasteiger partial charge on any atom is 0.392 e. The van der Waals surface area contributed by atoms with Gasteiger partial charge in [0, 0.05) is 5.03 Å². The molecule has 0 aliphatic carbocycles. The van der Waals surface area contributed by atoms with E-state index in [9.17, 15) is 13.2 Å². The zero-order valence-corrected chi connectivity index (χ0v) is 8.34. The maximum absolute atomic E-state index is 11.7. The highest BCUT2D eigenvalue weighted by molar-refractivity contribution is 6.29. The molecule has 0 aliphatic heterocycles. The Morgan fingerprint density at radius 1 is 1.38 bits per heavy atom. The Bertz CT molecular complexity index is 213. The van der Waals surface area contributed by atoms with E-state index in [2.05, 4.69) is 0 Å². The SMILES string of the molecule is CC/C(Cl)=C\C(C)=C/CC(F)(F)F. The minimum Gasteiger partial charge on any atom is -0.171 e. The second-order valence-corrected chi connectivity index (χ2v) is 3.20. The largest absolute Gasteiger partial charge is 0.392 e. The van der Waals surface area contributed by atoms with Crippen LogP contribution in [0.25, 0.3) is 0 Å². The molecule has 0 aromatic carbocycles. The zero-order chi connectivity index (χ0) is 10.5. The van der Waals surface area contributed by atoms with Gasteiger partial charge in [-0.3, -0.25) is 0 Å². The molecule has 0 atom stereocenters. The van der Waals surface area contributed by atoms with E-state index in [1.54, 1.807) is 13.0 Å². The summed E-state index contributed by atoms with van der Waals surface area (Å²) < 4.78 is 35.2. The number of alkyl halides is 3. The third-order valence-electron chi connectivity index (χ3n) is 1.38. The van der Waals surface area contributed by atoms with Crippen LogP contribution in [0, 0.1) is 0 Å². The summed E-state index contributed by atoms with van der Waals surface area (Å²) in [6.45, 7) is 3.44. The van der Waals surface area contributed by atoms with E-state index < -0.39 is 12.6 Å². The summed E-state index contributed by atoms with van der Waals surface area (Å²) in [6, 6.07) is 0. The van der Waals surface area contributed by atoms with E-state index in [0.29, 0.717) is 17.0 Å². The summed E-state index contributed by atoms with van der Waals surface area (Å²) in [6.07, 6.45) is -1.72. The monoisotopic (exact) mass is 212 g/mol. The molecule has 0 nitrogen and oxygen atoms in total. The highest BCUT2D eigenvalue weighted by atomic mass is 35.5. The lowest BCUT2D eigenvalue weighted by Crippen LogP contribution is -2.04. The Hall–Kier alpha value is -0.440. The molecule has 0 amide bonds. The topological polar surface area (TPSA) is 0 Å². The van der Waals surface area contributed by atoms with Crippen LogP contribution in [0.15, 0.2) is 22.8 Å². The second-order valence-electron chi connectivity index (χ2n) is 2.71. The predicted molar refractivity (Wildman–Crippen MR) is 48.7 cm³/mol. The quantitative estimate of drug-likeness (QED) is 0.608. The smallest absolute Gasteiger partial charge is 0.171 e. The van der Waals surface area contributed by atoms with Crippen molar-refractivity contribution in [3.8, 4) is 0 Å². The molecule has 0 rings (SSSR count). The molecule has 0 unspecified atom stereocenters. The number of rotatable bonds is 3. The Morgan fingerprint density at radius 3 is 2.31 bits per heavy atom. The number of hydrogen-bond acceptors (Lipinski definition) is 0. The van der Waals surface area contributed by atoms with Gasteiger partial charge in [0.2, 0.25) is 0 Å². The first kappa shape index (κ1) is 12.6. The molecule has 0 heterocycles. The van der Waals surface area contributed by atoms with Gasteiger partial charge in [-0.25, -0.2) is 0 Å². The van der Waals surface area contributed by atoms with E-state index >= 15 is 0 Å². The second kappa shape index (κ2) is 5.32. The van der Waals surface area contributed by atoms with Gasteiger partial charge in [-0.05, 0) is 19.4 Å². The number of halogens is 4. The van der Waals surface area contributed by atoms with E-state index in [4.69, 9.17) is 11.6 Å². The minimum atomic E-state index is -4.13. The molecule has 0 saturated heterocycles. The summed E-state index contributed by atoms with van der Waals surface area (Å²) in [7, 11) is 0. The molecule has 0 saturated carbocycles. The summed E-state index contributed by atoms with van der Waals surface area (Å²) in [5.74, 6) is 0. The van der Waals surface area contributed by atoms with Crippen LogP contribution in [0.1, 0.15) is 26.7 Å². The van der Waals surface area contributed by atoms with E-state index in [-0.39, 0.29) is 0 Å². The molecular weight excluding hydrogens is 201 g/mol. The van der Waals surface area contributed by atoms with Gasteiger partial charge in [-0.15, -0.1) is 0 Å². The van der Waals surface area contributed by atoms with Gasteiger partial charge in [0.1, 0.15) is 0 Å². The van der Waals surface area contributed by atoms with Crippen molar-refractivity contribution >= 4 is 11.6 Å². The normalized spacial score (nSPS) is 14.9. The van der Waals surface area contributed by atoms with Crippen LogP contribution >= 0.6 is 11.6 Å². The van der Waals surface area contributed by atoms with Gasteiger partial charge in [-0.1, -0.05) is 30.2 Å². The van der Waals surface area contributed by atoms with Crippen LogP contribution in [0.3, 0.4) is 0 Å². The summed E-state index contributed by atoms with van der Waals surface area (Å²) >= 11 is 5.65. The average Bonchev–Trinajstić information content (AvgIpc) is 1.99. The van der Waals surface area contributed by atoms with Gasteiger partial charge in [0.25, 0.3) is 0 Å². The molecule has 0 aliphatic rings. The summed E-state index contributed by atoms with van der Waals surface area (Å²) in [5, 5.41) is 0.566. The van der Waals surface area contributed by atoms with E-state index in [1.165, 1.54) is 0 Å². The lowest BCUT2D eigenvalue weighted by molar-refractivity contribution is -0.125. The van der Waals surface area contributed by atoms with Crippen molar-refractivity contribution < 1.29 is 13.2 Å². The van der Waals surface area contributed by atoms with Gasteiger partial charge in [0.15, 0.2) is 0 Å². The maximum atomic E-state index is 11.7. The van der Waals surface area contributed by atoms with Gasteiger partial charge in [-0.2, -0.15) is 13.2 Å². The molecule has 76 valence electrons. The number of hydrogen-bond donors (Lipinski definition) is 0. The van der Waals surface area contributed by atoms with Crippen LogP contribution in [-0.4, -0.2) is 6.18 Å². The van der Waals surface area contributed by atoms with Crippen LogP contribution in [0.2, 0.25) is 0 Å². The highest BCUT2D eigenvalue weighted by Gasteiger charge is 2.24. The summed E-state index contributed by atoms with van der Waals surface area (Å²) in [5.41, 5.74) is 0.546. The Morgan fingerprint density at radius 2 is 1.92 bits per heavy atom. The first-order valence-corrected chi connectivity index (χ1v) is 4.32. The van der Waals surface area contributed by atoms with Gasteiger partial charge in [0.05, 0.1) is 6.42 Å². The van der Waals surface area contributed by atoms with Crippen molar-refractivity contribution in [3.63, 3.8) is 0 Å². The molecule has 0 aromatic rings. The molecule has 13 heavy (non-hydrogen) atoms. The first-order valence-electron chi connectivity index (χ1n) is 3.94. The van der Waals surface area contributed by atoms with Crippen LogP contribution < -0.4 is 0 Å². The molecule has 4 heteroatoms. The molecule has 0 radical (unpaired) electrons. The van der Waals surface area contributed by atoms with Crippen molar-refractivity contribution in [2.24, 2.45) is 0 Å². The van der Waals surface area contributed by atoms with Gasteiger partial charge < -0.3 is 0 Å². The standard InChI is InChI=1S/C9H12ClF3/c1-3-8(10)6-7(2)4-5-9(11,12)13/h4,6H,3,5H2,1-2H3/b7-4-,8-6+. The fourth-order valence-electron chi connectivity index (χ4n) is 0.685. The Balaban J connectivity index is 4.19. The lowest BCUT2D eigenvalue weighted by atomic mass is 10.2. The number of allylic oxidation sites excluding steroid dienone is 4. The van der Waals surface area contributed by atoms with Crippen molar-refractivity contribution in [2.75, 3.05) is 0 Å². The molecule has 0 bridgehead atoms. The summed E-state index contributed by atoms with van der Waals surface area (Å²) in [4.78, 5) is 0. The molecular formula is C9H12ClF3. The molecule has 0 fully saturated rings. The Labute approximate surface area is 81.1 Å². The third kappa shape index (κ3) is 7.91. The van der Waals surface area contributed by atoms with Crippen molar-refractivity contribution in [3.05, 3.63) is 22.8 Å². The van der Waals surface area contributed by atoms with Crippen molar-refractivity contribution in [1.29, 1.82) is 0 Å². The van der Waals surface area contributed by atoms with E-state index in [0.717, 1.165) is 6.08 Å². The van der Waals surface area contributed by atoms with Crippen LogP contribution in [0.4, 0.5) is 13.2 Å². The fraction of sp³-hybridized carbons (Fsp3) is 0.556. The fourth-order valence-corrected chi connectivity index (χ4v) is 0.857. The molecule has 0 N–H and O–H groups in total. The Kier molecular flexibility index (Phi) is 5.14. The molecule has 0 aromatic heterocycles. The third-order valence-corrected chi connectivity index (χ3v) is 1.75. The zero-order valence-electron chi connectivity index (χ0n) is 7.58. The predicted octanol–water partition coefficient (Wildman–Crippen LogP) is 4.42. The van der Waals surface area contributed by atoms with Crippen molar-refractivity contribution in [2.45, 2.75) is 32.9 Å². The van der Waals surface area contributed by atoms with Crippen LogP contribution in [0.5, 0.6) is 0 Å². The lowest BCUT2D eigenvalue weighted by Gasteiger charge is -2.01. The average molecular weight is 213 g/mol. The minimum absolute atomic E-state index is 0.546. The molecule has 0 spiro atoms. The van der Waals surface area contributed by atoms with Crippen LogP contribution in [-0.2, 0) is 0 Å². The highest BCUT2D eigenvalue weighted by Crippen LogP contribution is 2.21. The first-order chi connectivity index (χ1) is 5.85. The van der Waals surface area contributed by atoms with E-state index in [1.807, 2.05) is 6.92 Å². The van der Waals surface area contributed by atoms with Gasteiger partial charge >= 0.3 is 6.18 Å².